The molecule has 1 amide bonds. The van der Waals surface area contributed by atoms with Crippen molar-refractivity contribution < 1.29 is 27.5 Å². The van der Waals surface area contributed by atoms with Crippen molar-refractivity contribution in [3.05, 3.63) is 82.3 Å². The summed E-state index contributed by atoms with van der Waals surface area (Å²) >= 11 is 0. The van der Waals surface area contributed by atoms with Crippen LogP contribution in [0.4, 0.5) is 24.8 Å². The number of rotatable bonds is 7. The summed E-state index contributed by atoms with van der Waals surface area (Å²) in [6.45, 7) is 2.12. The Kier molecular flexibility index (Phi) is 7.90. The van der Waals surface area contributed by atoms with Crippen LogP contribution >= 0.6 is 0 Å². The summed E-state index contributed by atoms with van der Waals surface area (Å²) in [6.07, 6.45) is -0.117. The average molecular weight is 569 g/mol. The van der Waals surface area contributed by atoms with Gasteiger partial charge in [0.05, 0.1) is 12.5 Å². The SMILES string of the molecule is CONC(=O)c1cn(-c2ccc(OC(F)(F)F)cc2)c2nc(Nc3ccc(C4CCN(C)CC4)cc3)ncc2c1=O. The molecule has 1 saturated heterocycles. The number of piperidine rings is 1. The molecule has 4 aromatic rings. The molecule has 214 valence electrons. The molecule has 0 radical (unpaired) electrons. The van der Waals surface area contributed by atoms with Gasteiger partial charge in [0.15, 0.2) is 5.65 Å². The number of likely N-dealkylation sites (tertiary alicyclic amines) is 1. The summed E-state index contributed by atoms with van der Waals surface area (Å²) in [6, 6.07) is 12.9. The van der Waals surface area contributed by atoms with Gasteiger partial charge in [0.2, 0.25) is 11.4 Å². The molecule has 0 aliphatic carbocycles. The first-order chi connectivity index (χ1) is 19.6. The summed E-state index contributed by atoms with van der Waals surface area (Å²) in [5, 5.41) is 3.15. The van der Waals surface area contributed by atoms with Crippen molar-refractivity contribution in [2.24, 2.45) is 0 Å². The van der Waals surface area contributed by atoms with Crippen LogP contribution < -0.4 is 21.0 Å². The van der Waals surface area contributed by atoms with E-state index in [0.717, 1.165) is 43.8 Å². The third kappa shape index (κ3) is 6.47. The molecule has 1 fully saturated rings. The van der Waals surface area contributed by atoms with Gasteiger partial charge in [-0.1, -0.05) is 12.1 Å². The number of carbonyl (C=O) groups is 1. The van der Waals surface area contributed by atoms with E-state index in [1.807, 2.05) is 12.1 Å². The molecule has 0 bridgehead atoms. The Bertz CT molecular complexity index is 1600. The standard InChI is InChI=1S/C28H27F3N6O4/c1-36-13-11-18(12-14-36)17-3-5-19(6-4-17)33-27-32-15-22-24(38)23(26(39)35-40-2)16-37(25(22)34-27)20-7-9-21(10-8-20)41-28(29,30)31/h3-10,15-16,18H,11-14H2,1-2H3,(H,35,39)(H,32,33,34). The van der Waals surface area contributed by atoms with Gasteiger partial charge >= 0.3 is 6.36 Å². The number of benzene rings is 2. The highest BCUT2D eigenvalue weighted by Crippen LogP contribution is 2.29. The minimum Gasteiger partial charge on any atom is -0.406 e. The molecule has 2 N–H and O–H groups in total. The third-order valence-corrected chi connectivity index (χ3v) is 6.89. The second-order valence-electron chi connectivity index (χ2n) is 9.67. The van der Waals surface area contributed by atoms with Crippen LogP contribution in [0, 0.1) is 0 Å². The number of amides is 1. The molecule has 3 heterocycles. The molecule has 41 heavy (non-hydrogen) atoms. The van der Waals surface area contributed by atoms with Gasteiger partial charge < -0.3 is 19.5 Å². The molecule has 0 spiro atoms. The molecule has 2 aromatic heterocycles. The lowest BCUT2D eigenvalue weighted by atomic mass is 9.89. The third-order valence-electron chi connectivity index (χ3n) is 6.89. The Morgan fingerprint density at radius 2 is 1.73 bits per heavy atom. The number of hydroxylamine groups is 1. The predicted octanol–water partition coefficient (Wildman–Crippen LogP) is 4.52. The molecular formula is C28H27F3N6O4. The Labute approximate surface area is 232 Å². The fraction of sp³-hybridized carbons (Fsp3) is 0.286. The number of anilines is 2. The van der Waals surface area contributed by atoms with Crippen molar-refractivity contribution in [3.63, 3.8) is 0 Å². The lowest BCUT2D eigenvalue weighted by Crippen LogP contribution is -2.29. The summed E-state index contributed by atoms with van der Waals surface area (Å²) in [5.74, 6) is -0.547. The summed E-state index contributed by atoms with van der Waals surface area (Å²) < 4.78 is 43.3. The van der Waals surface area contributed by atoms with Crippen molar-refractivity contribution in [1.29, 1.82) is 0 Å². The highest BCUT2D eigenvalue weighted by molar-refractivity contribution is 5.96. The second kappa shape index (κ2) is 11.6. The number of fused-ring (bicyclic) bond motifs is 1. The van der Waals surface area contributed by atoms with Crippen molar-refractivity contribution in [2.75, 3.05) is 32.6 Å². The van der Waals surface area contributed by atoms with Crippen LogP contribution in [-0.2, 0) is 4.84 Å². The van der Waals surface area contributed by atoms with Crippen LogP contribution in [0.25, 0.3) is 16.7 Å². The molecule has 10 nitrogen and oxygen atoms in total. The maximum absolute atomic E-state index is 13.1. The second-order valence-corrected chi connectivity index (χ2v) is 9.67. The molecule has 13 heteroatoms. The minimum absolute atomic E-state index is 0.0209. The Morgan fingerprint density at radius 1 is 1.05 bits per heavy atom. The molecule has 0 atom stereocenters. The molecule has 1 aliphatic heterocycles. The van der Waals surface area contributed by atoms with E-state index >= 15 is 0 Å². The van der Waals surface area contributed by atoms with Crippen LogP contribution in [0.2, 0.25) is 0 Å². The minimum atomic E-state index is -4.85. The van der Waals surface area contributed by atoms with E-state index in [1.165, 1.54) is 41.8 Å². The van der Waals surface area contributed by atoms with Gasteiger partial charge in [-0.3, -0.25) is 14.4 Å². The Balaban J connectivity index is 1.49. The molecule has 0 unspecified atom stereocenters. The first-order valence-electron chi connectivity index (χ1n) is 12.8. The first kappa shape index (κ1) is 28.1. The summed E-state index contributed by atoms with van der Waals surface area (Å²) in [5.41, 5.74) is 3.64. The highest BCUT2D eigenvalue weighted by atomic mass is 19.4. The van der Waals surface area contributed by atoms with E-state index in [1.54, 1.807) is 0 Å². The topological polar surface area (TPSA) is 111 Å². The summed E-state index contributed by atoms with van der Waals surface area (Å²) in [7, 11) is 3.34. The summed E-state index contributed by atoms with van der Waals surface area (Å²) in [4.78, 5) is 41.4. The van der Waals surface area contributed by atoms with Crippen molar-refractivity contribution in [2.45, 2.75) is 25.1 Å². The zero-order valence-corrected chi connectivity index (χ0v) is 22.2. The molecule has 0 saturated carbocycles. The fourth-order valence-corrected chi connectivity index (χ4v) is 4.80. The number of ether oxygens (including phenoxy) is 1. The van der Waals surface area contributed by atoms with E-state index in [2.05, 4.69) is 54.4 Å². The zero-order chi connectivity index (χ0) is 29.1. The normalized spacial score (nSPS) is 14.7. The maximum atomic E-state index is 13.1. The van der Waals surface area contributed by atoms with Gasteiger partial charge in [-0.25, -0.2) is 10.5 Å². The molecular weight excluding hydrogens is 541 g/mol. The number of carbonyl (C=O) groups excluding carboxylic acids is 1. The van der Waals surface area contributed by atoms with Gasteiger partial charge in [-0.2, -0.15) is 4.98 Å². The molecule has 1 aliphatic rings. The van der Waals surface area contributed by atoms with Crippen LogP contribution in [0.1, 0.15) is 34.7 Å². The Hall–Kier alpha value is -4.49. The lowest BCUT2D eigenvalue weighted by molar-refractivity contribution is -0.274. The van der Waals surface area contributed by atoms with Crippen LogP contribution in [0.5, 0.6) is 5.75 Å². The lowest BCUT2D eigenvalue weighted by Gasteiger charge is -2.29. The van der Waals surface area contributed by atoms with E-state index in [-0.39, 0.29) is 22.5 Å². The monoisotopic (exact) mass is 568 g/mol. The van der Waals surface area contributed by atoms with Crippen LogP contribution in [-0.4, -0.2) is 59.0 Å². The molecule has 2 aromatic carbocycles. The quantitative estimate of drug-likeness (QED) is 0.313. The van der Waals surface area contributed by atoms with E-state index in [9.17, 15) is 22.8 Å². The zero-order valence-electron chi connectivity index (χ0n) is 22.2. The van der Waals surface area contributed by atoms with Gasteiger partial charge in [-0.05, 0) is 80.9 Å². The number of nitrogens with zero attached hydrogens (tertiary/aromatic N) is 4. The highest BCUT2D eigenvalue weighted by Gasteiger charge is 2.31. The van der Waals surface area contributed by atoms with Gasteiger partial charge in [-0.15, -0.1) is 13.2 Å². The van der Waals surface area contributed by atoms with E-state index < -0.39 is 23.4 Å². The number of aromatic nitrogens is 3. The van der Waals surface area contributed by atoms with Crippen LogP contribution in [0.15, 0.2) is 65.7 Å². The number of alkyl halides is 3. The number of hydrogen-bond acceptors (Lipinski definition) is 8. The first-order valence-corrected chi connectivity index (χ1v) is 12.8. The molecule has 5 rings (SSSR count). The van der Waals surface area contributed by atoms with E-state index in [4.69, 9.17) is 0 Å². The number of pyridine rings is 1. The number of hydrogen-bond donors (Lipinski definition) is 2. The average Bonchev–Trinajstić information content (AvgIpc) is 2.94. The maximum Gasteiger partial charge on any atom is 0.573 e. The van der Waals surface area contributed by atoms with Crippen molar-refractivity contribution >= 4 is 28.6 Å². The van der Waals surface area contributed by atoms with Gasteiger partial charge in [0.25, 0.3) is 5.91 Å². The van der Waals surface area contributed by atoms with Gasteiger partial charge in [0, 0.05) is 23.8 Å². The van der Waals surface area contributed by atoms with Crippen molar-refractivity contribution in [1.82, 2.24) is 24.9 Å². The van der Waals surface area contributed by atoms with Crippen molar-refractivity contribution in [3.8, 4) is 11.4 Å². The largest absolute Gasteiger partial charge is 0.573 e. The fourth-order valence-electron chi connectivity index (χ4n) is 4.80. The van der Waals surface area contributed by atoms with Crippen LogP contribution in [0.3, 0.4) is 0 Å². The van der Waals surface area contributed by atoms with E-state index in [0.29, 0.717) is 11.6 Å². The Morgan fingerprint density at radius 3 is 2.37 bits per heavy atom. The predicted molar refractivity (Wildman–Crippen MR) is 145 cm³/mol. The number of nitrogens with one attached hydrogen (secondary N) is 2. The van der Waals surface area contributed by atoms with Gasteiger partial charge in [0.1, 0.15) is 11.3 Å². The smallest absolute Gasteiger partial charge is 0.406 e. The number of halogens is 3.